The Morgan fingerprint density at radius 3 is 2.77 bits per heavy atom. The Morgan fingerprint density at radius 2 is 2.18 bits per heavy atom. The normalized spacial score (nSPS) is 27.6. The van der Waals surface area contributed by atoms with E-state index in [0.29, 0.717) is 16.0 Å². The maximum Gasteiger partial charge on any atom is 0.284 e. The summed E-state index contributed by atoms with van der Waals surface area (Å²) in [5, 5.41) is 14.0. The van der Waals surface area contributed by atoms with Crippen molar-refractivity contribution >= 4 is 27.5 Å². The van der Waals surface area contributed by atoms with E-state index in [1.54, 1.807) is 12.1 Å². The van der Waals surface area contributed by atoms with Crippen LogP contribution in [0, 0.1) is 27.9 Å². The fraction of sp³-hybridized carbons (Fsp3) is 0.562. The van der Waals surface area contributed by atoms with Crippen molar-refractivity contribution in [3.63, 3.8) is 0 Å². The smallest absolute Gasteiger partial charge is 0.284 e. The average molecular weight is 367 g/mol. The fourth-order valence-electron chi connectivity index (χ4n) is 4.10. The van der Waals surface area contributed by atoms with E-state index in [1.807, 2.05) is 0 Å². The number of hydrogen-bond acceptors (Lipinski definition) is 3. The lowest BCUT2D eigenvalue weighted by Crippen LogP contribution is -2.40. The average Bonchev–Trinajstić information content (AvgIpc) is 3.09. The predicted octanol–water partition coefficient (Wildman–Crippen LogP) is 3.91. The largest absolute Gasteiger partial charge is 0.349 e. The molecule has 1 amide bonds. The standard InChI is InChI=1S/C16H19BrN2O3/c1-9(13-7-10-2-3-11(13)6-10)18-16(20)12-4-5-14(17)15(8-12)19(21)22/h4-5,8-11,13H,2-3,6-7H2,1H3,(H,18,20). The van der Waals surface area contributed by atoms with Crippen LogP contribution in [0.1, 0.15) is 43.0 Å². The fourth-order valence-corrected chi connectivity index (χ4v) is 4.49. The van der Waals surface area contributed by atoms with Crippen molar-refractivity contribution in [1.29, 1.82) is 0 Å². The number of fused-ring (bicyclic) bond motifs is 2. The van der Waals surface area contributed by atoms with E-state index in [0.717, 1.165) is 11.8 Å². The van der Waals surface area contributed by atoms with Gasteiger partial charge in [-0.3, -0.25) is 14.9 Å². The zero-order valence-corrected chi connectivity index (χ0v) is 14.0. The summed E-state index contributed by atoms with van der Waals surface area (Å²) < 4.78 is 0.384. The number of benzene rings is 1. The molecule has 5 nitrogen and oxygen atoms in total. The molecular formula is C16H19BrN2O3. The molecule has 2 saturated carbocycles. The van der Waals surface area contributed by atoms with Crippen molar-refractivity contribution < 1.29 is 9.72 Å². The minimum atomic E-state index is -0.486. The number of nitro groups is 1. The van der Waals surface area contributed by atoms with Crippen LogP contribution in [-0.4, -0.2) is 16.9 Å². The molecule has 118 valence electrons. The van der Waals surface area contributed by atoms with Crippen molar-refractivity contribution in [2.24, 2.45) is 17.8 Å². The molecule has 3 rings (SSSR count). The molecule has 22 heavy (non-hydrogen) atoms. The van der Waals surface area contributed by atoms with Crippen LogP contribution in [0.25, 0.3) is 0 Å². The quantitative estimate of drug-likeness (QED) is 0.648. The highest BCUT2D eigenvalue weighted by Gasteiger charge is 2.42. The van der Waals surface area contributed by atoms with E-state index in [2.05, 4.69) is 28.2 Å². The van der Waals surface area contributed by atoms with Gasteiger partial charge in [-0.1, -0.05) is 6.42 Å². The summed E-state index contributed by atoms with van der Waals surface area (Å²) in [7, 11) is 0. The van der Waals surface area contributed by atoms with Gasteiger partial charge in [0.25, 0.3) is 11.6 Å². The predicted molar refractivity (Wildman–Crippen MR) is 86.7 cm³/mol. The third-order valence-electron chi connectivity index (χ3n) is 5.20. The maximum atomic E-state index is 12.4. The molecular weight excluding hydrogens is 348 g/mol. The summed E-state index contributed by atoms with van der Waals surface area (Å²) in [6.07, 6.45) is 5.11. The Balaban J connectivity index is 1.69. The molecule has 1 aromatic rings. The van der Waals surface area contributed by atoms with E-state index < -0.39 is 4.92 Å². The Morgan fingerprint density at radius 1 is 1.41 bits per heavy atom. The summed E-state index contributed by atoms with van der Waals surface area (Å²) >= 11 is 3.13. The summed E-state index contributed by atoms with van der Waals surface area (Å²) in [6.45, 7) is 2.05. The lowest BCUT2D eigenvalue weighted by Gasteiger charge is -2.28. The zero-order chi connectivity index (χ0) is 15.9. The Labute approximate surface area is 137 Å². The maximum absolute atomic E-state index is 12.4. The number of hydrogen-bond donors (Lipinski definition) is 1. The molecule has 6 heteroatoms. The first-order valence-electron chi connectivity index (χ1n) is 7.70. The monoisotopic (exact) mass is 366 g/mol. The Kier molecular flexibility index (Phi) is 4.21. The number of carbonyl (C=O) groups excluding carboxylic acids is 1. The van der Waals surface area contributed by atoms with Crippen LogP contribution in [0.3, 0.4) is 0 Å². The molecule has 0 radical (unpaired) electrons. The summed E-state index contributed by atoms with van der Waals surface area (Å²) in [5.74, 6) is 1.89. The van der Waals surface area contributed by atoms with E-state index in [-0.39, 0.29) is 17.6 Å². The molecule has 1 N–H and O–H groups in total. The zero-order valence-electron chi connectivity index (χ0n) is 12.4. The lowest BCUT2D eigenvalue weighted by molar-refractivity contribution is -0.385. The summed E-state index contributed by atoms with van der Waals surface area (Å²) in [5.41, 5.74) is 0.255. The van der Waals surface area contributed by atoms with Gasteiger partial charge < -0.3 is 5.32 Å². The van der Waals surface area contributed by atoms with Crippen molar-refractivity contribution in [1.82, 2.24) is 5.32 Å². The molecule has 2 bridgehead atoms. The van der Waals surface area contributed by atoms with Gasteiger partial charge in [-0.25, -0.2) is 0 Å². The molecule has 0 aromatic heterocycles. The Bertz CT molecular complexity index is 619. The van der Waals surface area contributed by atoms with Crippen molar-refractivity contribution in [3.8, 4) is 0 Å². The van der Waals surface area contributed by atoms with E-state index in [9.17, 15) is 14.9 Å². The highest BCUT2D eigenvalue weighted by molar-refractivity contribution is 9.10. The SMILES string of the molecule is CC(NC(=O)c1ccc(Br)c([N+](=O)[O-])c1)C1CC2CCC1C2. The van der Waals surface area contributed by atoms with Gasteiger partial charge in [0, 0.05) is 17.7 Å². The number of amides is 1. The van der Waals surface area contributed by atoms with Crippen LogP contribution in [0.5, 0.6) is 0 Å². The van der Waals surface area contributed by atoms with Crippen molar-refractivity contribution in [3.05, 3.63) is 38.3 Å². The van der Waals surface area contributed by atoms with Crippen LogP contribution in [-0.2, 0) is 0 Å². The molecule has 0 saturated heterocycles. The van der Waals surface area contributed by atoms with Crippen molar-refractivity contribution in [2.75, 3.05) is 0 Å². The Hall–Kier alpha value is -1.43. The van der Waals surface area contributed by atoms with Gasteiger partial charge in [0.15, 0.2) is 0 Å². The number of halogens is 1. The second-order valence-corrected chi connectivity index (χ2v) is 7.38. The van der Waals surface area contributed by atoms with Crippen LogP contribution in [0.15, 0.2) is 22.7 Å². The van der Waals surface area contributed by atoms with Crippen LogP contribution < -0.4 is 5.32 Å². The number of nitrogens with zero attached hydrogens (tertiary/aromatic N) is 1. The number of nitrogens with one attached hydrogen (secondary N) is 1. The van der Waals surface area contributed by atoms with Gasteiger partial charge in [0.1, 0.15) is 0 Å². The van der Waals surface area contributed by atoms with Gasteiger partial charge in [-0.05, 0) is 72.0 Å². The first kappa shape index (κ1) is 15.5. The highest BCUT2D eigenvalue weighted by atomic mass is 79.9. The number of carbonyl (C=O) groups is 1. The van der Waals surface area contributed by atoms with Crippen LogP contribution in [0.2, 0.25) is 0 Å². The van der Waals surface area contributed by atoms with Crippen molar-refractivity contribution in [2.45, 2.75) is 38.6 Å². The minimum Gasteiger partial charge on any atom is -0.349 e. The van der Waals surface area contributed by atoms with E-state index in [4.69, 9.17) is 0 Å². The van der Waals surface area contributed by atoms with Gasteiger partial charge >= 0.3 is 0 Å². The van der Waals surface area contributed by atoms with Gasteiger partial charge in [-0.2, -0.15) is 0 Å². The van der Waals surface area contributed by atoms with Crippen LogP contribution in [0.4, 0.5) is 5.69 Å². The first-order chi connectivity index (χ1) is 10.5. The van der Waals surface area contributed by atoms with Gasteiger partial charge in [0.2, 0.25) is 0 Å². The molecule has 0 aliphatic heterocycles. The molecule has 4 unspecified atom stereocenters. The first-order valence-corrected chi connectivity index (χ1v) is 8.50. The number of rotatable bonds is 4. The number of nitro benzene ring substituents is 1. The lowest BCUT2D eigenvalue weighted by atomic mass is 9.84. The van der Waals surface area contributed by atoms with Gasteiger partial charge in [-0.15, -0.1) is 0 Å². The molecule has 2 aliphatic rings. The summed E-state index contributed by atoms with van der Waals surface area (Å²) in [6, 6.07) is 4.60. The van der Waals surface area contributed by atoms with Crippen LogP contribution >= 0.6 is 15.9 Å². The molecule has 4 atom stereocenters. The molecule has 1 aromatic carbocycles. The topological polar surface area (TPSA) is 72.2 Å². The third-order valence-corrected chi connectivity index (χ3v) is 5.87. The molecule has 0 spiro atoms. The summed E-state index contributed by atoms with van der Waals surface area (Å²) in [4.78, 5) is 22.8. The third kappa shape index (κ3) is 2.89. The van der Waals surface area contributed by atoms with E-state index in [1.165, 1.54) is 31.7 Å². The minimum absolute atomic E-state index is 0.0831. The second kappa shape index (κ2) is 5.99. The second-order valence-electron chi connectivity index (χ2n) is 6.52. The highest BCUT2D eigenvalue weighted by Crippen LogP contribution is 2.49. The van der Waals surface area contributed by atoms with Gasteiger partial charge in [0.05, 0.1) is 9.40 Å². The molecule has 0 heterocycles. The van der Waals surface area contributed by atoms with E-state index >= 15 is 0 Å². The molecule has 2 fully saturated rings. The molecule has 2 aliphatic carbocycles.